The molecular formula is C11H13N3O5. The highest BCUT2D eigenvalue weighted by Gasteiger charge is 2.10. The molecule has 0 unspecified atom stereocenters. The molecule has 0 radical (unpaired) electrons. The summed E-state index contributed by atoms with van der Waals surface area (Å²) in [6, 6.07) is 0.153. The Balaban J connectivity index is 2.53. The van der Waals surface area contributed by atoms with Gasteiger partial charge in [0.15, 0.2) is 0 Å². The molecule has 8 nitrogen and oxygen atoms in total. The molecule has 0 aliphatic rings. The van der Waals surface area contributed by atoms with Crippen LogP contribution in [0.4, 0.5) is 4.79 Å². The zero-order chi connectivity index (χ0) is 14.4. The van der Waals surface area contributed by atoms with Gasteiger partial charge in [0, 0.05) is 17.8 Å². The second kappa shape index (κ2) is 6.34. The van der Waals surface area contributed by atoms with Crippen LogP contribution in [0.15, 0.2) is 34.0 Å². The molecule has 0 saturated heterocycles. The quantitative estimate of drug-likeness (QED) is 0.422. The maximum Gasteiger partial charge on any atom is 0.336 e. The van der Waals surface area contributed by atoms with Gasteiger partial charge in [-0.15, -0.1) is 0 Å². The van der Waals surface area contributed by atoms with Crippen molar-refractivity contribution in [1.82, 2.24) is 14.9 Å². The fraction of sp³-hybridized carbons (Fsp3) is 0.273. The Morgan fingerprint density at radius 3 is 2.74 bits per heavy atom. The topological polar surface area (TPSA) is 110 Å². The molecule has 2 N–H and O–H groups in total. The van der Waals surface area contributed by atoms with E-state index in [-0.39, 0.29) is 18.7 Å². The second-order valence-corrected chi connectivity index (χ2v) is 3.60. The Hall–Kier alpha value is -2.64. The van der Waals surface area contributed by atoms with Crippen LogP contribution in [0.1, 0.15) is 6.92 Å². The van der Waals surface area contributed by atoms with E-state index in [9.17, 15) is 19.2 Å². The summed E-state index contributed by atoms with van der Waals surface area (Å²) >= 11 is 0. The molecule has 0 aromatic carbocycles. The molecule has 0 aliphatic heterocycles. The SMILES string of the molecule is C=C(C)C(=O)OCCNC(=O)n1c(=O)cc[nH]c1=O. The summed E-state index contributed by atoms with van der Waals surface area (Å²) in [4.78, 5) is 47.3. The molecule has 1 amide bonds. The van der Waals surface area contributed by atoms with Crippen LogP contribution in [0.3, 0.4) is 0 Å². The first-order chi connectivity index (χ1) is 8.93. The maximum atomic E-state index is 11.5. The smallest absolute Gasteiger partial charge is 0.336 e. The van der Waals surface area contributed by atoms with Crippen LogP contribution in [0, 0.1) is 0 Å². The van der Waals surface area contributed by atoms with Gasteiger partial charge in [-0.2, -0.15) is 4.57 Å². The molecule has 0 aliphatic carbocycles. The monoisotopic (exact) mass is 267 g/mol. The first-order valence-electron chi connectivity index (χ1n) is 5.35. The second-order valence-electron chi connectivity index (χ2n) is 3.60. The van der Waals surface area contributed by atoms with Crippen molar-refractivity contribution in [2.75, 3.05) is 13.2 Å². The Labute approximate surface area is 107 Å². The van der Waals surface area contributed by atoms with Crippen LogP contribution in [0.25, 0.3) is 0 Å². The largest absolute Gasteiger partial charge is 0.460 e. The Bertz CT molecular complexity index is 585. The number of H-pyrrole nitrogens is 1. The normalized spacial score (nSPS) is 9.74. The molecule has 0 bridgehead atoms. The zero-order valence-corrected chi connectivity index (χ0v) is 10.3. The van der Waals surface area contributed by atoms with Gasteiger partial charge in [0.05, 0.1) is 6.54 Å². The van der Waals surface area contributed by atoms with Crippen molar-refractivity contribution >= 4 is 12.0 Å². The first-order valence-corrected chi connectivity index (χ1v) is 5.35. The van der Waals surface area contributed by atoms with Crippen molar-refractivity contribution in [3.05, 3.63) is 45.3 Å². The lowest BCUT2D eigenvalue weighted by Gasteiger charge is -2.06. The number of hydrogen-bond donors (Lipinski definition) is 2. The summed E-state index contributed by atoms with van der Waals surface area (Å²) in [5.74, 6) is -0.580. The van der Waals surface area contributed by atoms with Crippen LogP contribution >= 0.6 is 0 Å². The van der Waals surface area contributed by atoms with E-state index in [1.54, 1.807) is 0 Å². The summed E-state index contributed by atoms with van der Waals surface area (Å²) < 4.78 is 5.13. The van der Waals surface area contributed by atoms with Gasteiger partial charge >= 0.3 is 17.7 Å². The zero-order valence-electron chi connectivity index (χ0n) is 10.3. The summed E-state index contributed by atoms with van der Waals surface area (Å²) in [7, 11) is 0. The maximum absolute atomic E-state index is 11.5. The lowest BCUT2D eigenvalue weighted by molar-refractivity contribution is -0.138. The third-order valence-electron chi connectivity index (χ3n) is 2.02. The van der Waals surface area contributed by atoms with Gasteiger partial charge in [-0.1, -0.05) is 6.58 Å². The van der Waals surface area contributed by atoms with Crippen LogP contribution in [-0.4, -0.2) is 34.7 Å². The van der Waals surface area contributed by atoms with Gasteiger partial charge in [0.25, 0.3) is 5.56 Å². The number of amides is 1. The molecule has 1 aromatic heterocycles. The number of nitrogens with one attached hydrogen (secondary N) is 2. The van der Waals surface area contributed by atoms with E-state index in [0.29, 0.717) is 4.57 Å². The van der Waals surface area contributed by atoms with Crippen molar-refractivity contribution in [2.24, 2.45) is 0 Å². The third kappa shape index (κ3) is 3.95. The van der Waals surface area contributed by atoms with E-state index in [1.165, 1.54) is 6.92 Å². The van der Waals surface area contributed by atoms with Gasteiger partial charge in [-0.05, 0) is 6.92 Å². The summed E-state index contributed by atoms with van der Waals surface area (Å²) in [6.45, 7) is 4.76. The standard InChI is InChI=1S/C11H13N3O5/c1-7(2)9(16)19-6-5-13-11(18)14-8(15)3-4-12-10(14)17/h3-4H,1,5-6H2,2H3,(H,12,17)(H,13,18). The molecule has 0 atom stereocenters. The van der Waals surface area contributed by atoms with E-state index in [2.05, 4.69) is 16.9 Å². The molecule has 1 aromatic rings. The van der Waals surface area contributed by atoms with Crippen LogP contribution in [0.5, 0.6) is 0 Å². The number of carbonyl (C=O) groups excluding carboxylic acids is 2. The fourth-order valence-corrected chi connectivity index (χ4v) is 1.12. The van der Waals surface area contributed by atoms with Crippen LogP contribution < -0.4 is 16.6 Å². The van der Waals surface area contributed by atoms with Gasteiger partial charge in [0.2, 0.25) is 0 Å². The predicted molar refractivity (Wildman–Crippen MR) is 65.9 cm³/mol. The van der Waals surface area contributed by atoms with Crippen LogP contribution in [0.2, 0.25) is 0 Å². The summed E-state index contributed by atoms with van der Waals surface area (Å²) in [6.07, 6.45) is 1.14. The van der Waals surface area contributed by atoms with Crippen molar-refractivity contribution in [2.45, 2.75) is 6.92 Å². The number of ether oxygens (including phenoxy) is 1. The molecule has 1 heterocycles. The number of rotatable bonds is 4. The lowest BCUT2D eigenvalue weighted by atomic mass is 10.4. The number of aromatic nitrogens is 2. The van der Waals surface area contributed by atoms with Gasteiger partial charge in [0.1, 0.15) is 6.61 Å². The van der Waals surface area contributed by atoms with E-state index in [1.807, 2.05) is 0 Å². The van der Waals surface area contributed by atoms with Gasteiger partial charge < -0.3 is 15.0 Å². The van der Waals surface area contributed by atoms with Crippen molar-refractivity contribution < 1.29 is 14.3 Å². The van der Waals surface area contributed by atoms with Crippen molar-refractivity contribution in [3.63, 3.8) is 0 Å². The highest BCUT2D eigenvalue weighted by molar-refractivity contribution is 5.86. The molecule has 8 heteroatoms. The average molecular weight is 267 g/mol. The molecule has 1 rings (SSSR count). The summed E-state index contributed by atoms with van der Waals surface area (Å²) in [5.41, 5.74) is -1.36. The van der Waals surface area contributed by atoms with E-state index in [4.69, 9.17) is 4.74 Å². The minimum absolute atomic E-state index is 0.0291. The van der Waals surface area contributed by atoms with Crippen molar-refractivity contribution in [1.29, 1.82) is 0 Å². The minimum Gasteiger partial charge on any atom is -0.460 e. The fourth-order valence-electron chi connectivity index (χ4n) is 1.12. The van der Waals surface area contributed by atoms with Crippen molar-refractivity contribution in [3.8, 4) is 0 Å². The summed E-state index contributed by atoms with van der Waals surface area (Å²) in [5, 5.41) is 2.27. The highest BCUT2D eigenvalue weighted by Crippen LogP contribution is 1.90. The average Bonchev–Trinajstić information content (AvgIpc) is 2.34. The molecule has 19 heavy (non-hydrogen) atoms. The molecule has 102 valence electrons. The number of carbonyl (C=O) groups is 2. The van der Waals surface area contributed by atoms with Gasteiger partial charge in [-0.3, -0.25) is 4.79 Å². The lowest BCUT2D eigenvalue weighted by Crippen LogP contribution is -2.45. The Morgan fingerprint density at radius 2 is 2.16 bits per heavy atom. The Morgan fingerprint density at radius 1 is 1.47 bits per heavy atom. The Kier molecular flexibility index (Phi) is 4.81. The first kappa shape index (κ1) is 14.4. The molecule has 0 fully saturated rings. The third-order valence-corrected chi connectivity index (χ3v) is 2.02. The van der Waals surface area contributed by atoms with Crippen LogP contribution in [-0.2, 0) is 9.53 Å². The molecule has 0 saturated carbocycles. The number of aromatic amines is 1. The molecular weight excluding hydrogens is 254 g/mol. The van der Waals surface area contributed by atoms with E-state index in [0.717, 1.165) is 12.3 Å². The number of hydrogen-bond acceptors (Lipinski definition) is 5. The number of nitrogens with zero attached hydrogens (tertiary/aromatic N) is 1. The minimum atomic E-state index is -0.891. The van der Waals surface area contributed by atoms with Gasteiger partial charge in [-0.25, -0.2) is 14.4 Å². The number of esters is 1. The van der Waals surface area contributed by atoms with E-state index < -0.39 is 23.2 Å². The predicted octanol–water partition coefficient (Wildman–Crippen LogP) is -0.786. The van der Waals surface area contributed by atoms with E-state index >= 15 is 0 Å². The highest BCUT2D eigenvalue weighted by atomic mass is 16.5. The molecule has 0 spiro atoms.